The molecule has 0 unspecified atom stereocenters. The Kier molecular flexibility index (Phi) is 9.19. The molecule has 6 nitrogen and oxygen atoms in total. The zero-order valence-electron chi connectivity index (χ0n) is 21.8. The molecule has 0 heterocycles. The van der Waals surface area contributed by atoms with Crippen LogP contribution >= 0.6 is 0 Å². The first kappa shape index (κ1) is 26.6. The van der Waals surface area contributed by atoms with Gasteiger partial charge in [0.2, 0.25) is 5.91 Å². The highest BCUT2D eigenvalue weighted by Gasteiger charge is 2.31. The van der Waals surface area contributed by atoms with Gasteiger partial charge in [0.05, 0.1) is 7.11 Å². The van der Waals surface area contributed by atoms with Gasteiger partial charge < -0.3 is 19.7 Å². The zero-order valence-corrected chi connectivity index (χ0v) is 21.8. The number of carbonyl (C=O) groups excluding carboxylic acids is 2. The Morgan fingerprint density at radius 3 is 2.14 bits per heavy atom. The van der Waals surface area contributed by atoms with Gasteiger partial charge in [-0.1, -0.05) is 64.8 Å². The van der Waals surface area contributed by atoms with Gasteiger partial charge in [-0.05, 0) is 60.1 Å². The second-order valence-electron chi connectivity index (χ2n) is 10.3. The van der Waals surface area contributed by atoms with Gasteiger partial charge >= 0.3 is 0 Å². The summed E-state index contributed by atoms with van der Waals surface area (Å²) in [5.74, 6) is 1.09. The first-order valence-electron chi connectivity index (χ1n) is 12.7. The lowest BCUT2D eigenvalue weighted by Gasteiger charge is -2.31. The average molecular weight is 481 g/mol. The Hall–Kier alpha value is -3.02. The SMILES string of the molecule is CC[C@H](C(=O)NC1CCCC1)N(Cc1ccc(OC)cc1)C(=O)COc1ccc(C(C)(C)C)cc1. The number of hydrogen-bond acceptors (Lipinski definition) is 4. The van der Waals surface area contributed by atoms with Crippen LogP contribution in [0.3, 0.4) is 0 Å². The van der Waals surface area contributed by atoms with Crippen LogP contribution in [0.4, 0.5) is 0 Å². The van der Waals surface area contributed by atoms with Crippen LogP contribution in [0.2, 0.25) is 0 Å². The average Bonchev–Trinajstić information content (AvgIpc) is 3.35. The number of nitrogens with zero attached hydrogens (tertiary/aromatic N) is 1. The molecule has 190 valence electrons. The second-order valence-corrected chi connectivity index (χ2v) is 10.3. The fourth-order valence-corrected chi connectivity index (χ4v) is 4.49. The van der Waals surface area contributed by atoms with Crippen molar-refractivity contribution in [3.05, 3.63) is 59.7 Å². The maximum Gasteiger partial charge on any atom is 0.261 e. The fraction of sp³-hybridized carbons (Fsp3) is 0.517. The predicted molar refractivity (Wildman–Crippen MR) is 139 cm³/mol. The zero-order chi connectivity index (χ0) is 25.4. The molecule has 1 saturated carbocycles. The summed E-state index contributed by atoms with van der Waals surface area (Å²) in [4.78, 5) is 28.3. The molecule has 1 fully saturated rings. The fourth-order valence-electron chi connectivity index (χ4n) is 4.49. The van der Waals surface area contributed by atoms with Crippen LogP contribution in [-0.2, 0) is 21.5 Å². The van der Waals surface area contributed by atoms with Gasteiger partial charge in [-0.15, -0.1) is 0 Å². The van der Waals surface area contributed by atoms with Crippen molar-refractivity contribution in [1.29, 1.82) is 0 Å². The Morgan fingerprint density at radius 1 is 1.00 bits per heavy atom. The summed E-state index contributed by atoms with van der Waals surface area (Å²) in [6, 6.07) is 15.1. The Morgan fingerprint density at radius 2 is 1.60 bits per heavy atom. The Labute approximate surface area is 210 Å². The minimum absolute atomic E-state index is 0.0462. The molecule has 0 aromatic heterocycles. The molecule has 3 rings (SSSR count). The van der Waals surface area contributed by atoms with Crippen LogP contribution < -0.4 is 14.8 Å². The van der Waals surface area contributed by atoms with Gasteiger partial charge in [-0.2, -0.15) is 0 Å². The number of carbonyl (C=O) groups is 2. The first-order valence-corrected chi connectivity index (χ1v) is 12.7. The molecule has 1 atom stereocenters. The summed E-state index contributed by atoms with van der Waals surface area (Å²) in [5.41, 5.74) is 2.18. The molecule has 0 aliphatic heterocycles. The standard InChI is InChI=1S/C29H40N2O4/c1-6-26(28(33)30-23-9-7-8-10-23)31(19-21-11-15-24(34-5)16-12-21)27(32)20-35-25-17-13-22(14-18-25)29(2,3)4/h11-18,23,26H,6-10,19-20H2,1-5H3,(H,30,33)/t26-/m1/s1. The topological polar surface area (TPSA) is 67.9 Å². The number of nitrogens with one attached hydrogen (secondary N) is 1. The quantitative estimate of drug-likeness (QED) is 0.505. The summed E-state index contributed by atoms with van der Waals surface area (Å²) < 4.78 is 11.1. The third-order valence-corrected chi connectivity index (χ3v) is 6.68. The number of rotatable bonds is 10. The molecule has 6 heteroatoms. The molecule has 1 aliphatic rings. The van der Waals surface area contributed by atoms with Gasteiger partial charge in [0.25, 0.3) is 5.91 Å². The highest BCUT2D eigenvalue weighted by molar-refractivity contribution is 5.88. The van der Waals surface area contributed by atoms with Gasteiger partial charge in [0.15, 0.2) is 6.61 Å². The third-order valence-electron chi connectivity index (χ3n) is 6.68. The van der Waals surface area contributed by atoms with E-state index in [1.54, 1.807) is 12.0 Å². The summed E-state index contributed by atoms with van der Waals surface area (Å²) in [6.07, 6.45) is 4.81. The normalized spacial score (nSPS) is 14.9. The predicted octanol–water partition coefficient (Wildman–Crippen LogP) is 5.24. The maximum absolute atomic E-state index is 13.4. The molecule has 2 amide bonds. The summed E-state index contributed by atoms with van der Waals surface area (Å²) in [5, 5.41) is 3.17. The molecule has 2 aromatic rings. The van der Waals surface area contributed by atoms with E-state index in [0.29, 0.717) is 18.7 Å². The van der Waals surface area contributed by atoms with Gasteiger partial charge in [-0.3, -0.25) is 9.59 Å². The minimum Gasteiger partial charge on any atom is -0.497 e. The van der Waals surface area contributed by atoms with E-state index >= 15 is 0 Å². The first-order chi connectivity index (χ1) is 16.7. The molecule has 0 bridgehead atoms. The lowest BCUT2D eigenvalue weighted by Crippen LogP contribution is -2.52. The molecule has 0 spiro atoms. The number of hydrogen-bond donors (Lipinski definition) is 1. The Bertz CT molecular complexity index is 958. The smallest absolute Gasteiger partial charge is 0.261 e. The van der Waals surface area contributed by atoms with E-state index < -0.39 is 6.04 Å². The number of amides is 2. The lowest BCUT2D eigenvalue weighted by atomic mass is 9.87. The van der Waals surface area contributed by atoms with E-state index in [0.717, 1.165) is 37.0 Å². The largest absolute Gasteiger partial charge is 0.497 e. The molecule has 0 saturated heterocycles. The van der Waals surface area contributed by atoms with E-state index in [9.17, 15) is 9.59 Å². The van der Waals surface area contributed by atoms with Crippen molar-refractivity contribution in [2.24, 2.45) is 0 Å². The van der Waals surface area contributed by atoms with Crippen LogP contribution in [0.5, 0.6) is 11.5 Å². The van der Waals surface area contributed by atoms with Gasteiger partial charge in [-0.25, -0.2) is 0 Å². The maximum atomic E-state index is 13.4. The Balaban J connectivity index is 1.74. The molecule has 1 aliphatic carbocycles. The van der Waals surface area contributed by atoms with Crippen LogP contribution in [0.1, 0.15) is 70.9 Å². The molecular formula is C29H40N2O4. The number of ether oxygens (including phenoxy) is 2. The van der Waals surface area contributed by atoms with Crippen molar-refractivity contribution in [3.8, 4) is 11.5 Å². The van der Waals surface area contributed by atoms with Crippen LogP contribution in [0, 0.1) is 0 Å². The molecule has 1 N–H and O–H groups in total. The molecule has 35 heavy (non-hydrogen) atoms. The summed E-state index contributed by atoms with van der Waals surface area (Å²) in [6.45, 7) is 8.62. The van der Waals surface area contributed by atoms with Crippen LogP contribution in [-0.4, -0.2) is 42.5 Å². The van der Waals surface area contributed by atoms with Crippen molar-refractivity contribution >= 4 is 11.8 Å². The van der Waals surface area contributed by atoms with Gasteiger partial charge in [0, 0.05) is 12.6 Å². The van der Waals surface area contributed by atoms with Crippen molar-refractivity contribution in [3.63, 3.8) is 0 Å². The van der Waals surface area contributed by atoms with Crippen molar-refractivity contribution < 1.29 is 19.1 Å². The van der Waals surface area contributed by atoms with E-state index in [-0.39, 0.29) is 29.9 Å². The lowest BCUT2D eigenvalue weighted by molar-refractivity contribution is -0.143. The van der Waals surface area contributed by atoms with E-state index in [2.05, 4.69) is 26.1 Å². The third kappa shape index (κ3) is 7.48. The minimum atomic E-state index is -0.558. The highest BCUT2D eigenvalue weighted by Crippen LogP contribution is 2.25. The summed E-state index contributed by atoms with van der Waals surface area (Å²) in [7, 11) is 1.62. The van der Waals surface area contributed by atoms with E-state index in [4.69, 9.17) is 9.47 Å². The second kappa shape index (κ2) is 12.1. The molecule has 0 radical (unpaired) electrons. The van der Waals surface area contributed by atoms with Crippen LogP contribution in [0.15, 0.2) is 48.5 Å². The van der Waals surface area contributed by atoms with Gasteiger partial charge in [0.1, 0.15) is 17.5 Å². The highest BCUT2D eigenvalue weighted by atomic mass is 16.5. The molecule has 2 aromatic carbocycles. The van der Waals surface area contributed by atoms with Crippen molar-refractivity contribution in [1.82, 2.24) is 10.2 Å². The number of benzene rings is 2. The van der Waals surface area contributed by atoms with E-state index in [1.165, 1.54) is 5.56 Å². The monoisotopic (exact) mass is 480 g/mol. The number of methoxy groups -OCH3 is 1. The van der Waals surface area contributed by atoms with E-state index in [1.807, 2.05) is 55.5 Å². The summed E-state index contributed by atoms with van der Waals surface area (Å²) >= 11 is 0. The van der Waals surface area contributed by atoms with Crippen molar-refractivity contribution in [2.45, 2.75) is 83.8 Å². The van der Waals surface area contributed by atoms with Crippen LogP contribution in [0.25, 0.3) is 0 Å². The molecular weight excluding hydrogens is 440 g/mol. The van der Waals surface area contributed by atoms with Crippen molar-refractivity contribution in [2.75, 3.05) is 13.7 Å².